The molecule has 0 N–H and O–H groups in total. The molecular formula is C24H36O6Si. The van der Waals surface area contributed by atoms with Gasteiger partial charge in [-0.15, -0.1) is 0 Å². The highest BCUT2D eigenvalue weighted by atomic mass is 28.3. The smallest absolute Gasteiger partial charge is 0.333 e. The van der Waals surface area contributed by atoms with Gasteiger partial charge in [0.2, 0.25) is 0 Å². The van der Waals surface area contributed by atoms with Crippen LogP contribution in [0.3, 0.4) is 0 Å². The molecule has 4 fully saturated rings. The summed E-state index contributed by atoms with van der Waals surface area (Å²) in [6.07, 6.45) is 3.31. The summed E-state index contributed by atoms with van der Waals surface area (Å²) >= 11 is 0. The van der Waals surface area contributed by atoms with Gasteiger partial charge in [-0.25, -0.2) is 9.59 Å². The zero-order valence-corrected chi connectivity index (χ0v) is 20.5. The summed E-state index contributed by atoms with van der Waals surface area (Å²) in [6, 6.07) is 2.37. The summed E-state index contributed by atoms with van der Waals surface area (Å²) in [7, 11) is -1.11. The molecule has 2 bridgehead atoms. The highest BCUT2D eigenvalue weighted by molar-refractivity contribution is 6.78. The Labute approximate surface area is 186 Å². The van der Waals surface area contributed by atoms with Crippen molar-refractivity contribution in [3.05, 3.63) is 24.3 Å². The molecule has 6 unspecified atom stereocenters. The number of rotatable bonds is 5. The second-order valence-corrected chi connectivity index (χ2v) is 15.8. The van der Waals surface area contributed by atoms with Crippen LogP contribution < -0.4 is 0 Å². The zero-order chi connectivity index (χ0) is 23.1. The maximum absolute atomic E-state index is 11.6. The van der Waals surface area contributed by atoms with Crippen LogP contribution in [0.4, 0.5) is 0 Å². The van der Waals surface area contributed by atoms with Gasteiger partial charge in [-0.2, -0.15) is 0 Å². The molecule has 4 aliphatic rings. The monoisotopic (exact) mass is 448 g/mol. The minimum absolute atomic E-state index is 0.0646. The minimum Gasteiger partial charge on any atom is -0.458 e. The van der Waals surface area contributed by atoms with Gasteiger partial charge in [-0.05, 0) is 45.6 Å². The molecule has 4 rings (SSSR count). The number of hydrogen-bond donors (Lipinski definition) is 0. The van der Waals surface area contributed by atoms with E-state index in [-0.39, 0.29) is 47.6 Å². The van der Waals surface area contributed by atoms with Crippen molar-refractivity contribution >= 4 is 26.0 Å². The number of carbonyl (C=O) groups is 3. The molecule has 2 saturated heterocycles. The van der Waals surface area contributed by atoms with Gasteiger partial charge in [0.1, 0.15) is 17.8 Å². The maximum atomic E-state index is 11.6. The highest BCUT2D eigenvalue weighted by Gasteiger charge is 2.63. The molecule has 31 heavy (non-hydrogen) atoms. The van der Waals surface area contributed by atoms with Gasteiger partial charge < -0.3 is 14.2 Å². The number of esters is 3. The molecule has 0 aromatic carbocycles. The number of carbonyl (C=O) groups excluding carboxylic acids is 3. The van der Waals surface area contributed by atoms with E-state index in [0.717, 1.165) is 31.7 Å². The minimum atomic E-state index is -1.11. The lowest BCUT2D eigenvalue weighted by atomic mass is 9.88. The quantitative estimate of drug-likeness (QED) is 0.268. The first kappa shape index (κ1) is 23.8. The standard InChI is InChI=1S/C12H14O4.C12H22O2Si/c1-5(2)11(13)15-9-6-3-7-8(4-6)12(14)16-10(7)9;1-6-12(14-11(13)10(2)3)7-8-15(4,5)9-12/h6-10H,1,3-4H2,2H3;2,6-9H2,1,3-5H3. The Morgan fingerprint density at radius 2 is 1.81 bits per heavy atom. The van der Waals surface area contributed by atoms with Crippen molar-refractivity contribution < 1.29 is 28.6 Å². The van der Waals surface area contributed by atoms with Crippen LogP contribution in [0.25, 0.3) is 0 Å². The van der Waals surface area contributed by atoms with E-state index in [4.69, 9.17) is 14.2 Å². The van der Waals surface area contributed by atoms with E-state index >= 15 is 0 Å². The molecule has 0 aromatic rings. The molecule has 172 valence electrons. The average Bonchev–Trinajstić information content (AvgIpc) is 3.38. The second-order valence-electron chi connectivity index (χ2n) is 10.6. The van der Waals surface area contributed by atoms with E-state index in [1.54, 1.807) is 13.8 Å². The van der Waals surface area contributed by atoms with Crippen molar-refractivity contribution in [1.82, 2.24) is 0 Å². The third kappa shape index (κ3) is 4.81. The molecule has 6 atom stereocenters. The van der Waals surface area contributed by atoms with Gasteiger partial charge in [0.05, 0.1) is 14.0 Å². The van der Waals surface area contributed by atoms with Crippen molar-refractivity contribution in [1.29, 1.82) is 0 Å². The average molecular weight is 449 g/mol. The van der Waals surface area contributed by atoms with Crippen LogP contribution in [0, 0.1) is 17.8 Å². The molecular weight excluding hydrogens is 412 g/mol. The molecule has 6 nitrogen and oxygen atoms in total. The van der Waals surface area contributed by atoms with Crippen LogP contribution in [0.2, 0.25) is 25.2 Å². The van der Waals surface area contributed by atoms with E-state index in [9.17, 15) is 14.4 Å². The van der Waals surface area contributed by atoms with Crippen LogP contribution in [0.1, 0.15) is 46.5 Å². The first-order valence-electron chi connectivity index (χ1n) is 11.3. The molecule has 0 amide bonds. The van der Waals surface area contributed by atoms with Crippen LogP contribution in [-0.4, -0.2) is 43.8 Å². The largest absolute Gasteiger partial charge is 0.458 e. The second kappa shape index (κ2) is 8.56. The van der Waals surface area contributed by atoms with Crippen LogP contribution in [0.15, 0.2) is 24.3 Å². The van der Waals surface area contributed by atoms with Crippen molar-refractivity contribution in [3.8, 4) is 0 Å². The summed E-state index contributed by atoms with van der Waals surface area (Å²) in [4.78, 5) is 34.5. The van der Waals surface area contributed by atoms with Gasteiger partial charge in [0.25, 0.3) is 0 Å². The Balaban J connectivity index is 0.000000176. The predicted molar refractivity (Wildman–Crippen MR) is 120 cm³/mol. The number of ether oxygens (including phenoxy) is 3. The number of fused-ring (bicyclic) bond motifs is 1. The first-order valence-corrected chi connectivity index (χ1v) is 14.8. The van der Waals surface area contributed by atoms with E-state index in [1.807, 2.05) is 0 Å². The van der Waals surface area contributed by atoms with Crippen LogP contribution in [-0.2, 0) is 28.6 Å². The van der Waals surface area contributed by atoms with Crippen molar-refractivity contribution in [2.24, 2.45) is 17.8 Å². The molecule has 2 aliphatic carbocycles. The topological polar surface area (TPSA) is 78.9 Å². The Bertz CT molecular complexity index is 802. The summed E-state index contributed by atoms with van der Waals surface area (Å²) in [5.74, 6) is -0.0584. The lowest BCUT2D eigenvalue weighted by molar-refractivity contribution is -0.158. The SMILES string of the molecule is C=C(C)C(=O)OC1(CC)CC[Si](C)(C)C1.C=C(C)C(=O)OC1C2CC3C(=O)OC1C3C2. The Morgan fingerprint density at radius 3 is 2.32 bits per heavy atom. The van der Waals surface area contributed by atoms with Crippen molar-refractivity contribution in [2.45, 2.75) is 89.4 Å². The molecule has 2 heterocycles. The first-order chi connectivity index (χ1) is 14.4. The fraction of sp³-hybridized carbons (Fsp3) is 0.708. The van der Waals surface area contributed by atoms with Crippen molar-refractivity contribution in [2.75, 3.05) is 0 Å². The van der Waals surface area contributed by atoms with Crippen LogP contribution >= 0.6 is 0 Å². The van der Waals surface area contributed by atoms with Gasteiger partial charge in [-0.1, -0.05) is 39.2 Å². The highest BCUT2D eigenvalue weighted by Crippen LogP contribution is 2.55. The molecule has 0 spiro atoms. The summed E-state index contributed by atoms with van der Waals surface area (Å²) in [6.45, 7) is 17.4. The molecule has 0 aromatic heterocycles. The normalized spacial score (nSPS) is 36.3. The Hall–Kier alpha value is -1.89. The van der Waals surface area contributed by atoms with E-state index in [2.05, 4.69) is 33.2 Å². The van der Waals surface area contributed by atoms with Crippen LogP contribution in [0.5, 0.6) is 0 Å². The van der Waals surface area contributed by atoms with Gasteiger partial charge >= 0.3 is 17.9 Å². The van der Waals surface area contributed by atoms with E-state index < -0.39 is 8.07 Å². The van der Waals surface area contributed by atoms with E-state index in [1.165, 1.54) is 6.04 Å². The fourth-order valence-electron chi connectivity index (χ4n) is 5.65. The lowest BCUT2D eigenvalue weighted by Crippen LogP contribution is -2.36. The van der Waals surface area contributed by atoms with Gasteiger partial charge in [-0.3, -0.25) is 4.79 Å². The predicted octanol–water partition coefficient (Wildman–Crippen LogP) is 4.42. The maximum Gasteiger partial charge on any atom is 0.333 e. The fourth-order valence-corrected chi connectivity index (χ4v) is 9.20. The Morgan fingerprint density at radius 1 is 1.16 bits per heavy atom. The van der Waals surface area contributed by atoms with E-state index in [0.29, 0.717) is 17.1 Å². The molecule has 0 radical (unpaired) electrons. The zero-order valence-electron chi connectivity index (χ0n) is 19.5. The third-order valence-electron chi connectivity index (χ3n) is 7.37. The van der Waals surface area contributed by atoms with Gasteiger partial charge in [0.15, 0.2) is 0 Å². The van der Waals surface area contributed by atoms with Crippen molar-refractivity contribution in [3.63, 3.8) is 0 Å². The third-order valence-corrected chi connectivity index (χ3v) is 10.6. The van der Waals surface area contributed by atoms with Gasteiger partial charge in [0, 0.05) is 23.0 Å². The Kier molecular flexibility index (Phi) is 6.56. The molecule has 2 saturated carbocycles. The number of hydrogen-bond acceptors (Lipinski definition) is 6. The molecule has 2 aliphatic heterocycles. The summed E-state index contributed by atoms with van der Waals surface area (Å²) in [5.41, 5.74) is 0.726. The summed E-state index contributed by atoms with van der Waals surface area (Å²) in [5, 5.41) is 0. The molecule has 7 heteroatoms. The summed E-state index contributed by atoms with van der Waals surface area (Å²) < 4.78 is 16.3. The lowest BCUT2D eigenvalue weighted by Gasteiger charge is -2.29.